The summed E-state index contributed by atoms with van der Waals surface area (Å²) in [4.78, 5) is 12.3. The van der Waals surface area contributed by atoms with E-state index in [-0.39, 0.29) is 12.0 Å². The fraction of sp³-hybridized carbons (Fsp3) is 0.308. The molecule has 1 aromatic heterocycles. The molecule has 6 heteroatoms. The molecule has 2 N–H and O–H groups in total. The number of aryl methyl sites for hydroxylation is 1. The van der Waals surface area contributed by atoms with Crippen LogP contribution in [0.3, 0.4) is 0 Å². The van der Waals surface area contributed by atoms with Crippen molar-refractivity contribution >= 4 is 5.95 Å². The second kappa shape index (κ2) is 5.51. The van der Waals surface area contributed by atoms with Crippen LogP contribution in [0.5, 0.6) is 11.8 Å². The van der Waals surface area contributed by atoms with Crippen molar-refractivity contribution in [1.29, 1.82) is 0 Å². The third-order valence-corrected chi connectivity index (χ3v) is 2.50. The van der Waals surface area contributed by atoms with Gasteiger partial charge in [0.05, 0.1) is 19.3 Å². The maximum absolute atomic E-state index is 5.67. The monoisotopic (exact) mass is 260 g/mol. The molecule has 1 heterocycles. The first-order chi connectivity index (χ1) is 9.13. The molecule has 0 radical (unpaired) electrons. The van der Waals surface area contributed by atoms with E-state index in [1.54, 1.807) is 7.11 Å². The number of rotatable bonds is 4. The number of nitrogens with two attached hydrogens (primary N) is 1. The Morgan fingerprint density at radius 2 is 2.00 bits per heavy atom. The van der Waals surface area contributed by atoms with Gasteiger partial charge in [0, 0.05) is 0 Å². The first-order valence-electron chi connectivity index (χ1n) is 5.93. The molecule has 0 spiro atoms. The minimum absolute atomic E-state index is 0.122. The van der Waals surface area contributed by atoms with Crippen LogP contribution < -0.4 is 15.2 Å². The number of anilines is 1. The zero-order chi connectivity index (χ0) is 13.8. The number of nitrogen functional groups attached to an aromatic ring is 1. The second-order valence-electron chi connectivity index (χ2n) is 3.94. The molecule has 0 saturated carbocycles. The van der Waals surface area contributed by atoms with Gasteiger partial charge in [-0.2, -0.15) is 15.0 Å². The fourth-order valence-corrected chi connectivity index (χ4v) is 1.68. The van der Waals surface area contributed by atoms with Gasteiger partial charge in [0.1, 0.15) is 5.75 Å². The molecule has 0 aliphatic carbocycles. The summed E-state index contributed by atoms with van der Waals surface area (Å²) in [5, 5.41) is 0. The Bertz CT molecular complexity index is 587. The Kier molecular flexibility index (Phi) is 3.79. The van der Waals surface area contributed by atoms with E-state index in [1.165, 1.54) is 0 Å². The molecule has 0 saturated heterocycles. The van der Waals surface area contributed by atoms with Gasteiger partial charge < -0.3 is 15.2 Å². The van der Waals surface area contributed by atoms with E-state index in [9.17, 15) is 0 Å². The van der Waals surface area contributed by atoms with Crippen LogP contribution in [0, 0.1) is 6.92 Å². The van der Waals surface area contributed by atoms with Crippen molar-refractivity contribution in [2.75, 3.05) is 19.5 Å². The first-order valence-corrected chi connectivity index (χ1v) is 5.93. The molecule has 0 fully saturated rings. The highest BCUT2D eigenvalue weighted by atomic mass is 16.5. The lowest BCUT2D eigenvalue weighted by atomic mass is 10.1. The minimum atomic E-state index is 0.122. The van der Waals surface area contributed by atoms with Crippen molar-refractivity contribution in [3.05, 3.63) is 23.8 Å². The molecule has 2 aromatic rings. The summed E-state index contributed by atoms with van der Waals surface area (Å²) in [6.45, 7) is 4.30. The number of aromatic nitrogens is 3. The van der Waals surface area contributed by atoms with Crippen LogP contribution in [0.2, 0.25) is 0 Å². The van der Waals surface area contributed by atoms with Crippen molar-refractivity contribution in [2.45, 2.75) is 13.8 Å². The molecule has 6 nitrogen and oxygen atoms in total. The first kappa shape index (κ1) is 13.1. The standard InChI is InChI=1S/C13H16N4O2/c1-4-19-13-16-11(15-12(14)17-13)9-7-8(2)5-6-10(9)18-3/h5-7H,4H2,1-3H3,(H2,14,15,16,17). The molecule has 0 aliphatic rings. The average molecular weight is 260 g/mol. The lowest BCUT2D eigenvalue weighted by Crippen LogP contribution is -2.05. The van der Waals surface area contributed by atoms with Gasteiger partial charge in [0.2, 0.25) is 5.95 Å². The molecule has 0 bridgehead atoms. The Hall–Kier alpha value is -2.37. The fourth-order valence-electron chi connectivity index (χ4n) is 1.68. The molecule has 100 valence electrons. The van der Waals surface area contributed by atoms with Crippen LogP contribution in [0.4, 0.5) is 5.95 Å². The van der Waals surface area contributed by atoms with E-state index in [0.29, 0.717) is 18.2 Å². The quantitative estimate of drug-likeness (QED) is 0.903. The predicted octanol–water partition coefficient (Wildman–Crippen LogP) is 1.84. The van der Waals surface area contributed by atoms with Gasteiger partial charge in [-0.25, -0.2) is 0 Å². The average Bonchev–Trinajstić information content (AvgIpc) is 2.38. The summed E-state index contributed by atoms with van der Waals surface area (Å²) in [5.41, 5.74) is 7.51. The summed E-state index contributed by atoms with van der Waals surface area (Å²) >= 11 is 0. The van der Waals surface area contributed by atoms with Crippen LogP contribution in [0.25, 0.3) is 11.4 Å². The van der Waals surface area contributed by atoms with E-state index < -0.39 is 0 Å². The number of hydrogen-bond donors (Lipinski definition) is 1. The Morgan fingerprint density at radius 3 is 2.68 bits per heavy atom. The third kappa shape index (κ3) is 2.90. The van der Waals surface area contributed by atoms with Gasteiger partial charge in [-0.15, -0.1) is 0 Å². The van der Waals surface area contributed by atoms with Crippen LogP contribution >= 0.6 is 0 Å². The summed E-state index contributed by atoms with van der Waals surface area (Å²) in [6.07, 6.45) is 0. The largest absolute Gasteiger partial charge is 0.496 e. The zero-order valence-electron chi connectivity index (χ0n) is 11.2. The lowest BCUT2D eigenvalue weighted by Gasteiger charge is -2.09. The molecule has 2 rings (SSSR count). The molecule has 0 aliphatic heterocycles. The number of ether oxygens (including phenoxy) is 2. The van der Waals surface area contributed by atoms with E-state index in [0.717, 1.165) is 11.1 Å². The van der Waals surface area contributed by atoms with Crippen molar-refractivity contribution < 1.29 is 9.47 Å². The summed E-state index contributed by atoms with van der Waals surface area (Å²) in [7, 11) is 1.60. The van der Waals surface area contributed by atoms with Crippen molar-refractivity contribution in [3.63, 3.8) is 0 Å². The number of methoxy groups -OCH3 is 1. The smallest absolute Gasteiger partial charge is 0.321 e. The predicted molar refractivity (Wildman–Crippen MR) is 72.1 cm³/mol. The Morgan fingerprint density at radius 1 is 1.21 bits per heavy atom. The molecular formula is C13H16N4O2. The normalized spacial score (nSPS) is 10.3. The number of hydrogen-bond acceptors (Lipinski definition) is 6. The topological polar surface area (TPSA) is 83.2 Å². The molecule has 0 unspecified atom stereocenters. The van der Waals surface area contributed by atoms with Gasteiger partial charge >= 0.3 is 6.01 Å². The van der Waals surface area contributed by atoms with Crippen LogP contribution in [0.15, 0.2) is 18.2 Å². The van der Waals surface area contributed by atoms with Gasteiger partial charge in [0.15, 0.2) is 5.82 Å². The van der Waals surface area contributed by atoms with Crippen LogP contribution in [-0.4, -0.2) is 28.7 Å². The van der Waals surface area contributed by atoms with E-state index in [2.05, 4.69) is 15.0 Å². The van der Waals surface area contributed by atoms with Crippen LogP contribution in [0.1, 0.15) is 12.5 Å². The lowest BCUT2D eigenvalue weighted by molar-refractivity contribution is 0.312. The number of nitrogens with zero attached hydrogens (tertiary/aromatic N) is 3. The highest BCUT2D eigenvalue weighted by molar-refractivity contribution is 5.65. The van der Waals surface area contributed by atoms with Crippen molar-refractivity contribution in [1.82, 2.24) is 15.0 Å². The molecule has 0 amide bonds. The Labute approximate surface area is 111 Å². The maximum Gasteiger partial charge on any atom is 0.321 e. The summed E-state index contributed by atoms with van der Waals surface area (Å²) in [5.74, 6) is 1.24. The van der Waals surface area contributed by atoms with E-state index >= 15 is 0 Å². The highest BCUT2D eigenvalue weighted by Gasteiger charge is 2.12. The number of benzene rings is 1. The molecular weight excluding hydrogens is 244 g/mol. The maximum atomic E-state index is 5.67. The highest BCUT2D eigenvalue weighted by Crippen LogP contribution is 2.29. The summed E-state index contributed by atoms with van der Waals surface area (Å²) in [6, 6.07) is 5.97. The molecule has 1 aromatic carbocycles. The molecule has 0 atom stereocenters. The zero-order valence-corrected chi connectivity index (χ0v) is 11.2. The van der Waals surface area contributed by atoms with E-state index in [1.807, 2.05) is 32.0 Å². The van der Waals surface area contributed by atoms with E-state index in [4.69, 9.17) is 15.2 Å². The van der Waals surface area contributed by atoms with Gasteiger partial charge in [-0.1, -0.05) is 11.6 Å². The molecule has 19 heavy (non-hydrogen) atoms. The SMILES string of the molecule is CCOc1nc(N)nc(-c2cc(C)ccc2OC)n1. The minimum Gasteiger partial charge on any atom is -0.496 e. The third-order valence-electron chi connectivity index (χ3n) is 2.50. The second-order valence-corrected chi connectivity index (χ2v) is 3.94. The summed E-state index contributed by atoms with van der Waals surface area (Å²) < 4.78 is 10.6. The van der Waals surface area contributed by atoms with Crippen LogP contribution in [-0.2, 0) is 0 Å². The van der Waals surface area contributed by atoms with Gasteiger partial charge in [-0.3, -0.25) is 0 Å². The van der Waals surface area contributed by atoms with Crippen molar-refractivity contribution in [3.8, 4) is 23.1 Å². The van der Waals surface area contributed by atoms with Gasteiger partial charge in [0.25, 0.3) is 0 Å². The Balaban J connectivity index is 2.54. The van der Waals surface area contributed by atoms with Crippen molar-refractivity contribution in [2.24, 2.45) is 0 Å². The van der Waals surface area contributed by atoms with Gasteiger partial charge in [-0.05, 0) is 26.0 Å².